The van der Waals surface area contributed by atoms with Crippen LogP contribution in [0.15, 0.2) is 0 Å². The maximum atomic E-state index is 11.5. The average Bonchev–Trinajstić information content (AvgIpc) is 2.89. The average molecular weight is 275 g/mol. The number of hydrogen-bond acceptors (Lipinski definition) is 4. The standard InChI is InChI=1S/C11H15ClN2O2S/c1-11(2,3)16-10(15)14-9-13-7(6-4-5-6)8(12)17-9/h6H,4-5H2,1-3H3,(H,13,14,15). The highest BCUT2D eigenvalue weighted by atomic mass is 35.5. The Balaban J connectivity index is 1.99. The molecule has 1 fully saturated rings. The molecular formula is C11H15ClN2O2S. The number of nitrogens with zero attached hydrogens (tertiary/aromatic N) is 1. The lowest BCUT2D eigenvalue weighted by atomic mass is 10.2. The number of hydrogen-bond donors (Lipinski definition) is 1. The van der Waals surface area contributed by atoms with Crippen molar-refractivity contribution in [2.45, 2.75) is 45.1 Å². The molecule has 94 valence electrons. The molecule has 0 bridgehead atoms. The van der Waals surface area contributed by atoms with Gasteiger partial charge >= 0.3 is 6.09 Å². The summed E-state index contributed by atoms with van der Waals surface area (Å²) in [5.41, 5.74) is 0.396. The first-order valence-corrected chi connectivity index (χ1v) is 6.71. The second kappa shape index (κ2) is 4.46. The summed E-state index contributed by atoms with van der Waals surface area (Å²) in [5.74, 6) is 0.480. The maximum absolute atomic E-state index is 11.5. The molecular weight excluding hydrogens is 260 g/mol. The highest BCUT2D eigenvalue weighted by Gasteiger charge is 2.29. The van der Waals surface area contributed by atoms with Gasteiger partial charge in [0.15, 0.2) is 5.13 Å². The highest BCUT2D eigenvalue weighted by molar-refractivity contribution is 7.19. The van der Waals surface area contributed by atoms with E-state index < -0.39 is 11.7 Å². The number of carbonyl (C=O) groups excluding carboxylic acids is 1. The number of aromatic nitrogens is 1. The van der Waals surface area contributed by atoms with Gasteiger partial charge in [0.25, 0.3) is 0 Å². The second-order valence-corrected chi connectivity index (χ2v) is 6.68. The summed E-state index contributed by atoms with van der Waals surface area (Å²) in [6, 6.07) is 0. The molecule has 2 rings (SSSR count). The molecule has 6 heteroatoms. The molecule has 0 atom stereocenters. The van der Waals surface area contributed by atoms with Crippen molar-refractivity contribution in [2.24, 2.45) is 0 Å². The van der Waals surface area contributed by atoms with Crippen molar-refractivity contribution in [1.29, 1.82) is 0 Å². The number of nitrogens with one attached hydrogen (secondary N) is 1. The Kier molecular flexibility index (Phi) is 3.32. The highest BCUT2D eigenvalue weighted by Crippen LogP contribution is 2.45. The summed E-state index contributed by atoms with van der Waals surface area (Å²) in [5, 5.41) is 3.11. The number of halogens is 1. The SMILES string of the molecule is CC(C)(C)OC(=O)Nc1nc(C2CC2)c(Cl)s1. The Morgan fingerprint density at radius 1 is 1.53 bits per heavy atom. The van der Waals surface area contributed by atoms with Crippen LogP contribution in [0, 0.1) is 0 Å². The van der Waals surface area contributed by atoms with E-state index in [1.54, 1.807) is 0 Å². The third-order valence-corrected chi connectivity index (χ3v) is 3.38. The van der Waals surface area contributed by atoms with Gasteiger partial charge in [-0.05, 0) is 33.6 Å². The third kappa shape index (κ3) is 3.57. The van der Waals surface area contributed by atoms with Crippen LogP contribution in [0.2, 0.25) is 4.34 Å². The Hall–Kier alpha value is -0.810. The molecule has 0 aliphatic heterocycles. The predicted molar refractivity (Wildman–Crippen MR) is 69.0 cm³/mol. The normalized spacial score (nSPS) is 15.8. The first-order valence-electron chi connectivity index (χ1n) is 5.51. The van der Waals surface area contributed by atoms with Crippen molar-refractivity contribution in [3.8, 4) is 0 Å². The van der Waals surface area contributed by atoms with E-state index >= 15 is 0 Å². The molecule has 4 nitrogen and oxygen atoms in total. The van der Waals surface area contributed by atoms with Gasteiger partial charge in [-0.25, -0.2) is 9.78 Å². The lowest BCUT2D eigenvalue weighted by molar-refractivity contribution is 0.0636. The fourth-order valence-electron chi connectivity index (χ4n) is 1.37. The number of thiazole rings is 1. The Bertz CT molecular complexity index is 435. The zero-order chi connectivity index (χ0) is 12.6. The maximum Gasteiger partial charge on any atom is 0.413 e. The van der Waals surface area contributed by atoms with Gasteiger partial charge in [-0.3, -0.25) is 5.32 Å². The summed E-state index contributed by atoms with van der Waals surface area (Å²) >= 11 is 7.34. The third-order valence-electron chi connectivity index (χ3n) is 2.18. The van der Waals surface area contributed by atoms with Crippen LogP contribution < -0.4 is 5.32 Å². The van der Waals surface area contributed by atoms with Crippen molar-refractivity contribution >= 4 is 34.2 Å². The Morgan fingerprint density at radius 3 is 2.71 bits per heavy atom. The molecule has 0 radical (unpaired) electrons. The van der Waals surface area contributed by atoms with Gasteiger partial charge in [0.1, 0.15) is 9.94 Å². The quantitative estimate of drug-likeness (QED) is 0.886. The van der Waals surface area contributed by atoms with Gasteiger partial charge in [-0.15, -0.1) is 0 Å². The molecule has 0 unspecified atom stereocenters. The van der Waals surface area contributed by atoms with Gasteiger partial charge in [0.2, 0.25) is 0 Å². The van der Waals surface area contributed by atoms with E-state index in [1.807, 2.05) is 20.8 Å². The van der Waals surface area contributed by atoms with Crippen molar-refractivity contribution in [3.63, 3.8) is 0 Å². The van der Waals surface area contributed by atoms with E-state index in [0.717, 1.165) is 18.5 Å². The van der Waals surface area contributed by atoms with Crippen LogP contribution in [0.4, 0.5) is 9.93 Å². The number of amides is 1. The van der Waals surface area contributed by atoms with Crippen LogP contribution >= 0.6 is 22.9 Å². The predicted octanol–water partition coefficient (Wildman–Crippen LogP) is 4.02. The molecule has 1 saturated carbocycles. The molecule has 1 heterocycles. The molecule has 0 aromatic carbocycles. The van der Waals surface area contributed by atoms with Crippen LogP contribution in [0.3, 0.4) is 0 Å². The largest absolute Gasteiger partial charge is 0.444 e. The van der Waals surface area contributed by atoms with Crippen molar-refractivity contribution in [2.75, 3.05) is 5.32 Å². The smallest absolute Gasteiger partial charge is 0.413 e. The van der Waals surface area contributed by atoms with Crippen LogP contribution in [-0.2, 0) is 4.74 Å². The Morgan fingerprint density at radius 2 is 2.18 bits per heavy atom. The van der Waals surface area contributed by atoms with E-state index in [1.165, 1.54) is 11.3 Å². The molecule has 0 spiro atoms. The van der Waals surface area contributed by atoms with E-state index in [4.69, 9.17) is 16.3 Å². The molecule has 1 aromatic rings. The molecule has 1 aliphatic rings. The van der Waals surface area contributed by atoms with E-state index in [0.29, 0.717) is 15.4 Å². The minimum absolute atomic E-state index is 0.480. The van der Waals surface area contributed by atoms with Crippen molar-refractivity contribution in [3.05, 3.63) is 10.0 Å². The molecule has 17 heavy (non-hydrogen) atoms. The minimum atomic E-state index is -0.509. The lowest BCUT2D eigenvalue weighted by Crippen LogP contribution is -2.27. The number of carbonyl (C=O) groups is 1. The molecule has 1 N–H and O–H groups in total. The molecule has 1 amide bonds. The van der Waals surface area contributed by atoms with Gasteiger partial charge in [0.05, 0.1) is 5.69 Å². The van der Waals surface area contributed by atoms with Gasteiger partial charge in [-0.1, -0.05) is 22.9 Å². The lowest BCUT2D eigenvalue weighted by Gasteiger charge is -2.18. The fourth-order valence-corrected chi connectivity index (χ4v) is 2.55. The summed E-state index contributed by atoms with van der Waals surface area (Å²) in [7, 11) is 0. The van der Waals surface area contributed by atoms with Gasteiger partial charge in [0, 0.05) is 5.92 Å². The van der Waals surface area contributed by atoms with Crippen LogP contribution in [0.25, 0.3) is 0 Å². The van der Waals surface area contributed by atoms with Crippen LogP contribution in [-0.4, -0.2) is 16.7 Å². The van der Waals surface area contributed by atoms with Gasteiger partial charge < -0.3 is 4.74 Å². The molecule has 1 aromatic heterocycles. The first-order chi connectivity index (χ1) is 7.85. The van der Waals surface area contributed by atoms with Crippen LogP contribution in [0.5, 0.6) is 0 Å². The van der Waals surface area contributed by atoms with Crippen LogP contribution in [0.1, 0.15) is 45.2 Å². The minimum Gasteiger partial charge on any atom is -0.444 e. The second-order valence-electron chi connectivity index (χ2n) is 5.08. The van der Waals surface area contributed by atoms with Crippen molar-refractivity contribution < 1.29 is 9.53 Å². The Labute approximate surface area is 109 Å². The van der Waals surface area contributed by atoms with Gasteiger partial charge in [-0.2, -0.15) is 0 Å². The number of ether oxygens (including phenoxy) is 1. The van der Waals surface area contributed by atoms with E-state index in [2.05, 4.69) is 10.3 Å². The number of anilines is 1. The van der Waals surface area contributed by atoms with E-state index in [-0.39, 0.29) is 0 Å². The number of rotatable bonds is 2. The summed E-state index contributed by atoms with van der Waals surface area (Å²) in [6.45, 7) is 5.45. The van der Waals surface area contributed by atoms with E-state index in [9.17, 15) is 4.79 Å². The monoisotopic (exact) mass is 274 g/mol. The zero-order valence-corrected chi connectivity index (χ0v) is 11.6. The first kappa shape index (κ1) is 12.6. The topological polar surface area (TPSA) is 51.2 Å². The summed E-state index contributed by atoms with van der Waals surface area (Å²) in [6.07, 6.45) is 1.77. The van der Waals surface area contributed by atoms with Crippen molar-refractivity contribution in [1.82, 2.24) is 4.98 Å². The summed E-state index contributed by atoms with van der Waals surface area (Å²) < 4.78 is 5.81. The fraction of sp³-hybridized carbons (Fsp3) is 0.636. The summed E-state index contributed by atoms with van der Waals surface area (Å²) in [4.78, 5) is 15.8. The molecule has 0 saturated heterocycles. The zero-order valence-electron chi connectivity index (χ0n) is 10.0. The molecule has 1 aliphatic carbocycles.